The molecule has 1 saturated carbocycles. The molecular formula is C26H30O8. The standard InChI is InChI=1S/C12H12O4.C8H6O4.C6H12/c13-11(14)9-5-6-10(12(15)16)8-4-2-1-3-7(8)9;9-7(10)5-2-1-3-6(4-5)8(11)12;1-2-4-6-5-3-1/h5-6H,1-4H2,(H,13,14)(H,15,16);1-4H,(H,9,10)(H,11,12);1-6H2. The largest absolute Gasteiger partial charge is 0.478 e. The van der Waals surface area contributed by atoms with Crippen molar-refractivity contribution in [3.05, 3.63) is 69.8 Å². The second kappa shape index (κ2) is 13.1. The zero-order valence-corrected chi connectivity index (χ0v) is 19.0. The first kappa shape index (κ1) is 26.6. The molecule has 0 radical (unpaired) electrons. The van der Waals surface area contributed by atoms with Gasteiger partial charge in [-0.25, -0.2) is 19.2 Å². The number of hydrogen-bond acceptors (Lipinski definition) is 4. The van der Waals surface area contributed by atoms with E-state index in [1.165, 1.54) is 68.9 Å². The Morgan fingerprint density at radius 1 is 0.500 bits per heavy atom. The van der Waals surface area contributed by atoms with E-state index >= 15 is 0 Å². The van der Waals surface area contributed by atoms with Crippen LogP contribution in [0, 0.1) is 0 Å². The molecule has 0 bridgehead atoms. The van der Waals surface area contributed by atoms with E-state index in [1.54, 1.807) is 0 Å². The third-order valence-electron chi connectivity index (χ3n) is 5.85. The Hall–Kier alpha value is -3.68. The lowest BCUT2D eigenvalue weighted by atomic mass is 9.85. The Labute approximate surface area is 197 Å². The highest BCUT2D eigenvalue weighted by molar-refractivity contribution is 5.95. The molecule has 182 valence electrons. The minimum atomic E-state index is -1.13. The molecule has 4 N–H and O–H groups in total. The molecule has 2 aromatic carbocycles. The van der Waals surface area contributed by atoms with E-state index in [4.69, 9.17) is 20.4 Å². The molecule has 2 aromatic rings. The van der Waals surface area contributed by atoms with Gasteiger partial charge in [-0.15, -0.1) is 0 Å². The summed E-state index contributed by atoms with van der Waals surface area (Å²) in [6.07, 6.45) is 12.2. The van der Waals surface area contributed by atoms with Crippen LogP contribution in [0.3, 0.4) is 0 Å². The molecule has 0 heterocycles. The number of carbonyl (C=O) groups is 4. The summed E-state index contributed by atoms with van der Waals surface area (Å²) in [5, 5.41) is 35.0. The van der Waals surface area contributed by atoms with Crippen LogP contribution >= 0.6 is 0 Å². The maximum absolute atomic E-state index is 11.0. The second-order valence-electron chi connectivity index (χ2n) is 8.25. The van der Waals surface area contributed by atoms with Crippen molar-refractivity contribution in [3.63, 3.8) is 0 Å². The SMILES string of the molecule is C1CCCCC1.O=C(O)c1ccc(C(=O)O)c2c1CCCC2.O=C(O)c1cccc(C(=O)O)c1. The highest BCUT2D eigenvalue weighted by Crippen LogP contribution is 2.28. The number of carboxylic acids is 4. The predicted octanol–water partition coefficient (Wildman–Crippen LogP) is 5.39. The highest BCUT2D eigenvalue weighted by Gasteiger charge is 2.22. The van der Waals surface area contributed by atoms with E-state index in [9.17, 15) is 19.2 Å². The summed E-state index contributed by atoms with van der Waals surface area (Å²) >= 11 is 0. The van der Waals surface area contributed by atoms with Gasteiger partial charge in [-0.2, -0.15) is 0 Å². The van der Waals surface area contributed by atoms with E-state index in [0.29, 0.717) is 24.0 Å². The molecule has 34 heavy (non-hydrogen) atoms. The molecule has 1 fully saturated rings. The third-order valence-corrected chi connectivity index (χ3v) is 5.85. The number of rotatable bonds is 4. The van der Waals surface area contributed by atoms with Gasteiger partial charge in [0.2, 0.25) is 0 Å². The monoisotopic (exact) mass is 470 g/mol. The smallest absolute Gasteiger partial charge is 0.335 e. The van der Waals surface area contributed by atoms with Crippen molar-refractivity contribution >= 4 is 23.9 Å². The first-order chi connectivity index (χ1) is 16.2. The highest BCUT2D eigenvalue weighted by atomic mass is 16.4. The maximum Gasteiger partial charge on any atom is 0.335 e. The van der Waals surface area contributed by atoms with E-state index in [1.807, 2.05) is 0 Å². The molecule has 4 rings (SSSR count). The van der Waals surface area contributed by atoms with Gasteiger partial charge in [-0.1, -0.05) is 44.6 Å². The minimum absolute atomic E-state index is 0.0186. The van der Waals surface area contributed by atoms with Gasteiger partial charge < -0.3 is 20.4 Å². The van der Waals surface area contributed by atoms with Gasteiger partial charge in [-0.3, -0.25) is 0 Å². The van der Waals surface area contributed by atoms with Crippen LogP contribution in [0.4, 0.5) is 0 Å². The lowest BCUT2D eigenvalue weighted by molar-refractivity contribution is 0.0678. The Morgan fingerprint density at radius 2 is 0.853 bits per heavy atom. The average molecular weight is 471 g/mol. The zero-order chi connectivity index (χ0) is 25.1. The van der Waals surface area contributed by atoms with Gasteiger partial charge >= 0.3 is 23.9 Å². The third kappa shape index (κ3) is 7.72. The van der Waals surface area contributed by atoms with Crippen molar-refractivity contribution < 1.29 is 39.6 Å². The topological polar surface area (TPSA) is 149 Å². The van der Waals surface area contributed by atoms with Crippen molar-refractivity contribution in [2.75, 3.05) is 0 Å². The Kier molecular flexibility index (Phi) is 10.3. The van der Waals surface area contributed by atoms with Gasteiger partial charge in [-0.05, 0) is 67.1 Å². The summed E-state index contributed by atoms with van der Waals surface area (Å²) in [6.45, 7) is 0. The summed E-state index contributed by atoms with van der Waals surface area (Å²) in [4.78, 5) is 42.8. The van der Waals surface area contributed by atoms with Gasteiger partial charge in [0.05, 0.1) is 22.3 Å². The van der Waals surface area contributed by atoms with Crippen LogP contribution in [-0.4, -0.2) is 44.3 Å². The molecule has 0 spiro atoms. The first-order valence-corrected chi connectivity index (χ1v) is 11.4. The Morgan fingerprint density at radius 3 is 1.15 bits per heavy atom. The van der Waals surface area contributed by atoms with Crippen molar-refractivity contribution in [2.45, 2.75) is 64.2 Å². The summed E-state index contributed by atoms with van der Waals surface area (Å²) in [6, 6.07) is 7.99. The molecule has 0 unspecified atom stereocenters. The second-order valence-corrected chi connectivity index (χ2v) is 8.25. The fourth-order valence-electron chi connectivity index (χ4n) is 4.11. The predicted molar refractivity (Wildman–Crippen MR) is 125 cm³/mol. The molecular weight excluding hydrogens is 440 g/mol. The van der Waals surface area contributed by atoms with E-state index in [0.717, 1.165) is 18.9 Å². The average Bonchev–Trinajstić information content (AvgIpc) is 2.85. The lowest BCUT2D eigenvalue weighted by Gasteiger charge is -2.19. The number of carboxylic acid groups (broad SMARTS) is 4. The van der Waals surface area contributed by atoms with Gasteiger partial charge in [0.15, 0.2) is 0 Å². The number of aromatic carboxylic acids is 4. The summed E-state index contributed by atoms with van der Waals surface area (Å²) in [5.41, 5.74) is 1.88. The minimum Gasteiger partial charge on any atom is -0.478 e. The molecule has 2 aliphatic rings. The molecule has 0 aliphatic heterocycles. The number of benzene rings is 2. The van der Waals surface area contributed by atoms with Crippen LogP contribution in [0.5, 0.6) is 0 Å². The van der Waals surface area contributed by atoms with Crippen LogP contribution in [0.1, 0.15) is 104 Å². The van der Waals surface area contributed by atoms with Crippen LogP contribution in [0.15, 0.2) is 36.4 Å². The van der Waals surface area contributed by atoms with Crippen LogP contribution in [0.25, 0.3) is 0 Å². The number of fused-ring (bicyclic) bond motifs is 1. The Balaban J connectivity index is 0.000000199. The maximum atomic E-state index is 11.0. The quantitative estimate of drug-likeness (QED) is 0.465. The van der Waals surface area contributed by atoms with Crippen molar-refractivity contribution in [3.8, 4) is 0 Å². The Bertz CT molecular complexity index is 953. The molecule has 8 heteroatoms. The van der Waals surface area contributed by atoms with Crippen molar-refractivity contribution in [2.24, 2.45) is 0 Å². The molecule has 0 aromatic heterocycles. The van der Waals surface area contributed by atoms with E-state index < -0.39 is 23.9 Å². The van der Waals surface area contributed by atoms with E-state index in [2.05, 4.69) is 0 Å². The summed E-state index contributed by atoms with van der Waals surface area (Å²) in [7, 11) is 0. The van der Waals surface area contributed by atoms with Gasteiger partial charge in [0.1, 0.15) is 0 Å². The van der Waals surface area contributed by atoms with Crippen LogP contribution in [0.2, 0.25) is 0 Å². The molecule has 8 nitrogen and oxygen atoms in total. The van der Waals surface area contributed by atoms with E-state index in [-0.39, 0.29) is 22.3 Å². The lowest BCUT2D eigenvalue weighted by Crippen LogP contribution is -2.15. The van der Waals surface area contributed by atoms with Crippen molar-refractivity contribution in [1.29, 1.82) is 0 Å². The molecule has 0 saturated heterocycles. The fraction of sp³-hybridized carbons (Fsp3) is 0.385. The van der Waals surface area contributed by atoms with Gasteiger partial charge in [0.25, 0.3) is 0 Å². The first-order valence-electron chi connectivity index (χ1n) is 11.4. The molecule has 0 amide bonds. The fourth-order valence-corrected chi connectivity index (χ4v) is 4.11. The van der Waals surface area contributed by atoms with Crippen LogP contribution < -0.4 is 0 Å². The van der Waals surface area contributed by atoms with Crippen LogP contribution in [-0.2, 0) is 12.8 Å². The molecule has 2 aliphatic carbocycles. The normalized spacial score (nSPS) is 14.2. The summed E-state index contributed by atoms with van der Waals surface area (Å²) < 4.78 is 0. The van der Waals surface area contributed by atoms with Gasteiger partial charge in [0, 0.05) is 0 Å². The number of hydrogen-bond donors (Lipinski definition) is 4. The summed E-state index contributed by atoms with van der Waals surface area (Å²) in [5.74, 6) is -4.21. The zero-order valence-electron chi connectivity index (χ0n) is 19.0. The van der Waals surface area contributed by atoms with Crippen molar-refractivity contribution in [1.82, 2.24) is 0 Å². The molecule has 0 atom stereocenters.